The van der Waals surface area contributed by atoms with E-state index in [9.17, 15) is 10.1 Å². The second-order valence-corrected chi connectivity index (χ2v) is 9.32. The Labute approximate surface area is 146 Å². The van der Waals surface area contributed by atoms with Gasteiger partial charge < -0.3 is 0 Å². The van der Waals surface area contributed by atoms with E-state index < -0.39 is 5.41 Å². The van der Waals surface area contributed by atoms with E-state index in [-0.39, 0.29) is 22.2 Å². The van der Waals surface area contributed by atoms with Crippen molar-refractivity contribution in [1.29, 1.82) is 5.26 Å². The van der Waals surface area contributed by atoms with E-state index in [0.29, 0.717) is 0 Å². The lowest BCUT2D eigenvalue weighted by atomic mass is 9.63. The van der Waals surface area contributed by atoms with Crippen LogP contribution in [0.25, 0.3) is 6.08 Å². The fourth-order valence-corrected chi connectivity index (χ4v) is 3.42. The third-order valence-corrected chi connectivity index (χ3v) is 5.23. The molecule has 24 heavy (non-hydrogen) atoms. The first-order valence-electron chi connectivity index (χ1n) is 8.70. The molecule has 0 atom stereocenters. The highest BCUT2D eigenvalue weighted by Crippen LogP contribution is 2.46. The van der Waals surface area contributed by atoms with Crippen molar-refractivity contribution in [3.63, 3.8) is 0 Å². The van der Waals surface area contributed by atoms with Gasteiger partial charge in [0.25, 0.3) is 0 Å². The van der Waals surface area contributed by atoms with Crippen LogP contribution in [0.2, 0.25) is 0 Å². The quantitative estimate of drug-likeness (QED) is 0.528. The van der Waals surface area contributed by atoms with Crippen LogP contribution in [0.3, 0.4) is 0 Å². The second kappa shape index (κ2) is 5.88. The SMILES string of the molecule is CC(C)(C)C(=O)/C(C#N)=C/c1ccc2c(c1)C(C)(C)CCC2(C)C. The number of allylic oxidation sites excluding steroid dienone is 1. The predicted octanol–water partition coefficient (Wildman–Crippen LogP) is 5.56. The first-order valence-corrected chi connectivity index (χ1v) is 8.70. The molecule has 128 valence electrons. The van der Waals surface area contributed by atoms with E-state index in [1.165, 1.54) is 17.5 Å². The third-order valence-electron chi connectivity index (χ3n) is 5.23. The van der Waals surface area contributed by atoms with Crippen molar-refractivity contribution in [3.05, 3.63) is 40.5 Å². The molecule has 0 saturated carbocycles. The Morgan fingerprint density at radius 2 is 1.62 bits per heavy atom. The van der Waals surface area contributed by atoms with E-state index in [2.05, 4.69) is 45.9 Å². The fraction of sp³-hybridized carbons (Fsp3) is 0.545. The van der Waals surface area contributed by atoms with Crippen LogP contribution in [0.4, 0.5) is 0 Å². The molecule has 0 aromatic heterocycles. The number of rotatable bonds is 2. The van der Waals surface area contributed by atoms with Crippen molar-refractivity contribution in [2.24, 2.45) is 5.41 Å². The normalized spacial score (nSPS) is 19.3. The standard InChI is InChI=1S/C22H29NO/c1-20(2,3)19(24)16(14-23)12-15-8-9-17-18(13-15)22(6,7)11-10-21(17,4)5/h8-9,12-13H,10-11H2,1-7H3/b16-12+. The van der Waals surface area contributed by atoms with Crippen LogP contribution in [0.1, 0.15) is 78.0 Å². The summed E-state index contributed by atoms with van der Waals surface area (Å²) in [6.07, 6.45) is 4.06. The summed E-state index contributed by atoms with van der Waals surface area (Å²) in [6.45, 7) is 14.7. The maximum atomic E-state index is 12.4. The average Bonchev–Trinajstić information content (AvgIpc) is 2.48. The number of hydrogen-bond donors (Lipinski definition) is 0. The van der Waals surface area contributed by atoms with Gasteiger partial charge in [0.15, 0.2) is 5.78 Å². The van der Waals surface area contributed by atoms with Gasteiger partial charge in [0.1, 0.15) is 6.07 Å². The van der Waals surface area contributed by atoms with E-state index in [1.54, 1.807) is 6.08 Å². The minimum atomic E-state index is -0.545. The zero-order chi connectivity index (χ0) is 18.3. The average molecular weight is 323 g/mol. The molecule has 0 heterocycles. The zero-order valence-corrected chi connectivity index (χ0v) is 16.1. The summed E-state index contributed by atoms with van der Waals surface area (Å²) in [5.41, 5.74) is 3.65. The van der Waals surface area contributed by atoms with Gasteiger partial charge in [-0.05, 0) is 46.4 Å². The Hall–Kier alpha value is -1.88. The van der Waals surface area contributed by atoms with Crippen molar-refractivity contribution >= 4 is 11.9 Å². The molecule has 1 aromatic carbocycles. The maximum Gasteiger partial charge on any atom is 0.178 e. The summed E-state index contributed by atoms with van der Waals surface area (Å²) in [6, 6.07) is 8.47. The molecule has 0 radical (unpaired) electrons. The molecule has 1 aliphatic rings. The van der Waals surface area contributed by atoms with Crippen molar-refractivity contribution < 1.29 is 4.79 Å². The Morgan fingerprint density at radius 3 is 2.12 bits per heavy atom. The van der Waals surface area contributed by atoms with Crippen LogP contribution in [0, 0.1) is 16.7 Å². The first-order chi connectivity index (χ1) is 10.9. The molecule has 0 spiro atoms. The topological polar surface area (TPSA) is 40.9 Å². The smallest absolute Gasteiger partial charge is 0.178 e. The van der Waals surface area contributed by atoms with Crippen LogP contribution in [-0.2, 0) is 15.6 Å². The molecular weight excluding hydrogens is 294 g/mol. The highest BCUT2D eigenvalue weighted by atomic mass is 16.1. The van der Waals surface area contributed by atoms with Crippen LogP contribution < -0.4 is 0 Å². The number of carbonyl (C=O) groups is 1. The molecule has 2 nitrogen and oxygen atoms in total. The number of Topliss-reactive ketones (excluding diaryl/α,β-unsaturated/α-hetero) is 1. The summed E-state index contributed by atoms with van der Waals surface area (Å²) in [7, 11) is 0. The van der Waals surface area contributed by atoms with E-state index in [0.717, 1.165) is 12.0 Å². The molecule has 2 heteroatoms. The number of nitrogens with zero attached hydrogens (tertiary/aromatic N) is 1. The Bertz CT molecular complexity index is 736. The van der Waals surface area contributed by atoms with Gasteiger partial charge in [-0.3, -0.25) is 4.79 Å². The summed E-state index contributed by atoms with van der Waals surface area (Å²) in [5, 5.41) is 9.41. The molecule has 0 N–H and O–H groups in total. The van der Waals surface area contributed by atoms with Gasteiger partial charge in [-0.25, -0.2) is 0 Å². The fourth-order valence-electron chi connectivity index (χ4n) is 3.42. The molecular formula is C22H29NO. The number of nitriles is 1. The minimum absolute atomic E-state index is 0.109. The number of benzene rings is 1. The molecule has 0 unspecified atom stereocenters. The van der Waals surface area contributed by atoms with Crippen LogP contribution in [-0.4, -0.2) is 5.78 Å². The number of hydrogen-bond acceptors (Lipinski definition) is 2. The first kappa shape index (κ1) is 18.5. The van der Waals surface area contributed by atoms with Crippen molar-refractivity contribution in [3.8, 4) is 6.07 Å². The maximum absolute atomic E-state index is 12.4. The van der Waals surface area contributed by atoms with E-state index in [1.807, 2.05) is 26.8 Å². The lowest BCUT2D eigenvalue weighted by Crippen LogP contribution is -2.33. The molecule has 0 amide bonds. The summed E-state index contributed by atoms with van der Waals surface area (Å²) >= 11 is 0. The minimum Gasteiger partial charge on any atom is -0.293 e. The molecule has 0 saturated heterocycles. The van der Waals surface area contributed by atoms with Gasteiger partial charge >= 0.3 is 0 Å². The Kier molecular flexibility index (Phi) is 4.53. The van der Waals surface area contributed by atoms with Crippen LogP contribution in [0.5, 0.6) is 0 Å². The predicted molar refractivity (Wildman–Crippen MR) is 99.8 cm³/mol. The lowest BCUT2D eigenvalue weighted by Gasteiger charge is -2.42. The summed E-state index contributed by atoms with van der Waals surface area (Å²) in [4.78, 5) is 12.4. The van der Waals surface area contributed by atoms with Crippen LogP contribution >= 0.6 is 0 Å². The Balaban J connectivity index is 2.54. The van der Waals surface area contributed by atoms with E-state index >= 15 is 0 Å². The van der Waals surface area contributed by atoms with Crippen molar-refractivity contribution in [2.45, 2.75) is 72.1 Å². The molecule has 1 aromatic rings. The second-order valence-electron chi connectivity index (χ2n) is 9.32. The molecule has 0 fully saturated rings. The van der Waals surface area contributed by atoms with Crippen LogP contribution in [0.15, 0.2) is 23.8 Å². The molecule has 0 bridgehead atoms. The van der Waals surface area contributed by atoms with Gasteiger partial charge in [-0.1, -0.05) is 66.7 Å². The van der Waals surface area contributed by atoms with Gasteiger partial charge in [0, 0.05) is 5.41 Å². The Morgan fingerprint density at radius 1 is 1.08 bits per heavy atom. The van der Waals surface area contributed by atoms with Gasteiger partial charge in [0.05, 0.1) is 5.57 Å². The largest absolute Gasteiger partial charge is 0.293 e. The zero-order valence-electron chi connectivity index (χ0n) is 16.1. The summed E-state index contributed by atoms with van der Waals surface area (Å²) < 4.78 is 0. The van der Waals surface area contributed by atoms with Crippen molar-refractivity contribution in [1.82, 2.24) is 0 Å². The number of carbonyl (C=O) groups excluding carboxylic acids is 1. The highest BCUT2D eigenvalue weighted by Gasteiger charge is 2.36. The lowest BCUT2D eigenvalue weighted by molar-refractivity contribution is -0.121. The highest BCUT2D eigenvalue weighted by molar-refractivity contribution is 6.06. The molecule has 1 aliphatic carbocycles. The van der Waals surface area contributed by atoms with Crippen molar-refractivity contribution in [2.75, 3.05) is 0 Å². The monoisotopic (exact) mass is 323 g/mol. The number of ketones is 1. The molecule has 0 aliphatic heterocycles. The molecule has 2 rings (SSSR count). The van der Waals surface area contributed by atoms with E-state index in [4.69, 9.17) is 0 Å². The van der Waals surface area contributed by atoms with Gasteiger partial charge in [0.2, 0.25) is 0 Å². The van der Waals surface area contributed by atoms with Gasteiger partial charge in [-0.2, -0.15) is 5.26 Å². The number of fused-ring (bicyclic) bond motifs is 1. The third kappa shape index (κ3) is 3.46. The van der Waals surface area contributed by atoms with Gasteiger partial charge in [-0.15, -0.1) is 0 Å². The summed E-state index contributed by atoms with van der Waals surface area (Å²) in [5.74, 6) is -0.109.